The number of fused-ring (bicyclic) bond motifs is 1. The number of nitrogens with zero attached hydrogens (tertiary/aromatic N) is 2. The van der Waals surface area contributed by atoms with E-state index in [-0.39, 0.29) is 11.5 Å². The molecule has 31 heavy (non-hydrogen) atoms. The van der Waals surface area contributed by atoms with E-state index in [2.05, 4.69) is 0 Å². The third kappa shape index (κ3) is 3.92. The molecule has 0 saturated carbocycles. The van der Waals surface area contributed by atoms with Crippen molar-refractivity contribution in [1.82, 2.24) is 4.57 Å². The molecule has 0 atom stereocenters. The lowest BCUT2D eigenvalue weighted by atomic mass is 10.1. The second-order valence-electron chi connectivity index (χ2n) is 7.00. The molecule has 0 radical (unpaired) electrons. The van der Waals surface area contributed by atoms with Crippen LogP contribution >= 0.6 is 11.6 Å². The van der Waals surface area contributed by atoms with Crippen molar-refractivity contribution in [2.24, 2.45) is 0 Å². The number of carbonyl (C=O) groups excluding carboxylic acids is 1. The highest BCUT2D eigenvalue weighted by molar-refractivity contribution is 6.30. The maximum atomic E-state index is 13.6. The summed E-state index contributed by atoms with van der Waals surface area (Å²) in [6, 6.07) is 21.4. The van der Waals surface area contributed by atoms with Crippen LogP contribution < -0.4 is 15.2 Å². The van der Waals surface area contributed by atoms with Gasteiger partial charge >= 0.3 is 0 Å². The highest BCUT2D eigenvalue weighted by Crippen LogP contribution is 2.29. The molecule has 0 bridgehead atoms. The molecule has 0 N–H and O–H groups in total. The zero-order chi connectivity index (χ0) is 22.0. The van der Waals surface area contributed by atoms with Crippen molar-refractivity contribution in [3.63, 3.8) is 0 Å². The highest BCUT2D eigenvalue weighted by atomic mass is 35.5. The molecule has 0 saturated heterocycles. The Morgan fingerprint density at radius 2 is 1.61 bits per heavy atom. The van der Waals surface area contributed by atoms with E-state index >= 15 is 0 Å². The number of ether oxygens (including phenoxy) is 1. The van der Waals surface area contributed by atoms with Gasteiger partial charge in [0.15, 0.2) is 0 Å². The van der Waals surface area contributed by atoms with Crippen LogP contribution in [-0.2, 0) is 0 Å². The third-order valence-corrected chi connectivity index (χ3v) is 5.34. The summed E-state index contributed by atoms with van der Waals surface area (Å²) in [6.45, 7) is 2.39. The molecule has 4 rings (SSSR count). The summed E-state index contributed by atoms with van der Waals surface area (Å²) in [5, 5.41) is 1.64. The Morgan fingerprint density at radius 3 is 2.32 bits per heavy atom. The smallest absolute Gasteiger partial charge is 0.262 e. The molecule has 3 aromatic carbocycles. The molecule has 0 aliphatic carbocycles. The monoisotopic (exact) mass is 432 g/mol. The predicted octanol–water partition coefficient (Wildman–Crippen LogP) is 5.32. The minimum atomic E-state index is -0.244. The number of carbonyl (C=O) groups is 1. The lowest BCUT2D eigenvalue weighted by Gasteiger charge is -2.22. The fourth-order valence-electron chi connectivity index (χ4n) is 3.56. The molecule has 0 aliphatic heterocycles. The van der Waals surface area contributed by atoms with Gasteiger partial charge in [-0.2, -0.15) is 0 Å². The Hall–Kier alpha value is -3.57. The van der Waals surface area contributed by atoms with E-state index < -0.39 is 0 Å². The number of halogens is 1. The van der Waals surface area contributed by atoms with Crippen molar-refractivity contribution in [1.29, 1.82) is 0 Å². The minimum absolute atomic E-state index is 0.202. The number of benzene rings is 3. The number of amides is 1. The van der Waals surface area contributed by atoms with Gasteiger partial charge in [0.25, 0.3) is 11.5 Å². The highest BCUT2D eigenvalue weighted by Gasteiger charge is 2.21. The molecule has 156 valence electrons. The fraction of sp³-hybridized carbons (Fsp3) is 0.120. The van der Waals surface area contributed by atoms with Gasteiger partial charge in [0, 0.05) is 34.7 Å². The van der Waals surface area contributed by atoms with Crippen molar-refractivity contribution in [2.75, 3.05) is 18.6 Å². The summed E-state index contributed by atoms with van der Waals surface area (Å²) in [4.78, 5) is 28.3. The number of para-hydroxylation sites is 2. The van der Waals surface area contributed by atoms with Gasteiger partial charge < -0.3 is 9.64 Å². The maximum Gasteiger partial charge on any atom is 0.262 e. The van der Waals surface area contributed by atoms with Gasteiger partial charge in [0.05, 0.1) is 17.9 Å². The van der Waals surface area contributed by atoms with Crippen molar-refractivity contribution in [3.05, 3.63) is 99.9 Å². The average molecular weight is 433 g/mol. The first-order chi connectivity index (χ1) is 15.0. The number of rotatable bonds is 5. The van der Waals surface area contributed by atoms with Crippen LogP contribution in [0.15, 0.2) is 83.8 Å². The van der Waals surface area contributed by atoms with Crippen LogP contribution in [-0.4, -0.2) is 24.1 Å². The molecular weight excluding hydrogens is 412 g/mol. The Morgan fingerprint density at radius 1 is 0.968 bits per heavy atom. The van der Waals surface area contributed by atoms with Crippen molar-refractivity contribution in [3.8, 4) is 11.4 Å². The van der Waals surface area contributed by atoms with Gasteiger partial charge in [-0.1, -0.05) is 41.9 Å². The standard InChI is InChI=1S/C25H21ClN2O3/c1-3-31-23-11-7-6-10-22(23)27(2)24(29)21-16-28(18-14-12-17(26)13-15-18)25(30)20-9-5-4-8-19(20)21/h4-16H,3H2,1-2H3. The van der Waals surface area contributed by atoms with Crippen LogP contribution in [0.5, 0.6) is 5.75 Å². The fourth-order valence-corrected chi connectivity index (χ4v) is 3.68. The van der Waals surface area contributed by atoms with Crippen LogP contribution in [0.2, 0.25) is 5.02 Å². The number of hydrogen-bond donors (Lipinski definition) is 0. The molecule has 0 unspecified atom stereocenters. The Bertz CT molecular complexity index is 1310. The van der Waals surface area contributed by atoms with Gasteiger partial charge in [0.2, 0.25) is 0 Å². The van der Waals surface area contributed by atoms with Gasteiger partial charge in [-0.15, -0.1) is 0 Å². The summed E-state index contributed by atoms with van der Waals surface area (Å²) in [6.07, 6.45) is 1.59. The van der Waals surface area contributed by atoms with E-state index in [0.29, 0.717) is 45.1 Å². The van der Waals surface area contributed by atoms with Gasteiger partial charge in [-0.25, -0.2) is 0 Å². The van der Waals surface area contributed by atoms with E-state index in [1.165, 1.54) is 4.57 Å². The van der Waals surface area contributed by atoms with Crippen LogP contribution in [0.4, 0.5) is 5.69 Å². The quantitative estimate of drug-likeness (QED) is 0.429. The second kappa shape index (κ2) is 8.66. The maximum absolute atomic E-state index is 13.6. The number of hydrogen-bond acceptors (Lipinski definition) is 3. The summed E-state index contributed by atoms with van der Waals surface area (Å²) in [5.74, 6) is 0.377. The Kier molecular flexibility index (Phi) is 5.78. The number of aromatic nitrogens is 1. The lowest BCUT2D eigenvalue weighted by molar-refractivity contribution is 0.0993. The predicted molar refractivity (Wildman–Crippen MR) is 125 cm³/mol. The van der Waals surface area contributed by atoms with Gasteiger partial charge in [0.1, 0.15) is 5.75 Å². The topological polar surface area (TPSA) is 51.5 Å². The first kappa shape index (κ1) is 20.7. The van der Waals surface area contributed by atoms with Crippen molar-refractivity contribution in [2.45, 2.75) is 6.92 Å². The molecule has 5 nitrogen and oxygen atoms in total. The van der Waals surface area contributed by atoms with Crippen LogP contribution in [0.25, 0.3) is 16.5 Å². The summed E-state index contributed by atoms with van der Waals surface area (Å²) in [7, 11) is 1.70. The van der Waals surface area contributed by atoms with Crippen LogP contribution in [0, 0.1) is 0 Å². The van der Waals surface area contributed by atoms with E-state index in [9.17, 15) is 9.59 Å². The molecule has 0 spiro atoms. The molecule has 1 amide bonds. The van der Waals surface area contributed by atoms with E-state index in [1.807, 2.05) is 37.3 Å². The molecule has 6 heteroatoms. The SMILES string of the molecule is CCOc1ccccc1N(C)C(=O)c1cn(-c2ccc(Cl)cc2)c(=O)c2ccccc12. The van der Waals surface area contributed by atoms with Crippen molar-refractivity contribution < 1.29 is 9.53 Å². The Labute approximate surface area is 185 Å². The third-order valence-electron chi connectivity index (χ3n) is 5.09. The molecule has 0 fully saturated rings. The molecular formula is C25H21ClN2O3. The molecule has 1 heterocycles. The summed E-state index contributed by atoms with van der Waals surface area (Å²) in [5.41, 5.74) is 1.50. The number of pyridine rings is 1. The van der Waals surface area contributed by atoms with E-state index in [0.717, 1.165) is 0 Å². The van der Waals surface area contributed by atoms with Gasteiger partial charge in [-0.3, -0.25) is 14.2 Å². The van der Waals surface area contributed by atoms with Crippen LogP contribution in [0.1, 0.15) is 17.3 Å². The molecule has 0 aliphatic rings. The molecule has 4 aromatic rings. The zero-order valence-electron chi connectivity index (χ0n) is 17.2. The first-order valence-electron chi connectivity index (χ1n) is 9.91. The Balaban J connectivity index is 1.89. The largest absolute Gasteiger partial charge is 0.492 e. The minimum Gasteiger partial charge on any atom is -0.492 e. The summed E-state index contributed by atoms with van der Waals surface area (Å²) < 4.78 is 7.17. The van der Waals surface area contributed by atoms with Crippen molar-refractivity contribution >= 4 is 34.0 Å². The summed E-state index contributed by atoms with van der Waals surface area (Å²) >= 11 is 6.01. The zero-order valence-corrected chi connectivity index (χ0v) is 18.0. The normalized spacial score (nSPS) is 10.8. The van der Waals surface area contributed by atoms with E-state index in [4.69, 9.17) is 16.3 Å². The van der Waals surface area contributed by atoms with Gasteiger partial charge in [-0.05, 0) is 49.4 Å². The average Bonchev–Trinajstić information content (AvgIpc) is 2.80. The second-order valence-corrected chi connectivity index (χ2v) is 7.44. The lowest BCUT2D eigenvalue weighted by Crippen LogP contribution is -2.29. The van der Waals surface area contributed by atoms with E-state index in [1.54, 1.807) is 60.6 Å². The first-order valence-corrected chi connectivity index (χ1v) is 10.3. The van der Waals surface area contributed by atoms with Crippen LogP contribution in [0.3, 0.4) is 0 Å². The number of anilines is 1. The molecule has 1 aromatic heterocycles.